The predicted octanol–water partition coefficient (Wildman–Crippen LogP) is 5.01. The first kappa shape index (κ1) is 29.7. The minimum absolute atomic E-state index is 0.0374. The summed E-state index contributed by atoms with van der Waals surface area (Å²) in [5.74, 6) is -5.14. The second-order valence-corrected chi connectivity index (χ2v) is 10.9. The second-order valence-electron chi connectivity index (χ2n) is 10.1. The third kappa shape index (κ3) is 6.25. The Morgan fingerprint density at radius 3 is 1.72 bits per heavy atom. The van der Waals surface area contributed by atoms with Gasteiger partial charge >= 0.3 is 23.9 Å². The highest BCUT2D eigenvalue weighted by atomic mass is 35.5. The third-order valence-electron chi connectivity index (χ3n) is 5.13. The number of esters is 3. The molecule has 0 aliphatic rings. The number of halogens is 3. The number of benzene rings is 1. The summed E-state index contributed by atoms with van der Waals surface area (Å²) >= 11 is 17.5. The first-order chi connectivity index (χ1) is 16.5. The van der Waals surface area contributed by atoms with Crippen molar-refractivity contribution in [3.63, 3.8) is 0 Å². The Hall–Kier alpha value is -2.49. The maximum absolute atomic E-state index is 13.3. The number of rotatable bonds is 9. The first-order valence-corrected chi connectivity index (χ1v) is 12.3. The fourth-order valence-electron chi connectivity index (χ4n) is 2.31. The number of phenols is 1. The second kappa shape index (κ2) is 10.9. The molecule has 0 bridgehead atoms. The van der Waals surface area contributed by atoms with Gasteiger partial charge < -0.3 is 23.7 Å². The molecule has 0 atom stereocenters. The van der Waals surface area contributed by atoms with Crippen LogP contribution < -0.4 is 19.6 Å². The molecule has 36 heavy (non-hydrogen) atoms. The Kier molecular flexibility index (Phi) is 8.97. The zero-order chi connectivity index (χ0) is 27.6. The lowest BCUT2D eigenvalue weighted by molar-refractivity contribution is -0.146. The van der Waals surface area contributed by atoms with E-state index >= 15 is 0 Å². The average Bonchev–Trinajstić information content (AvgIpc) is 2.80. The van der Waals surface area contributed by atoms with Crippen molar-refractivity contribution in [3.05, 3.63) is 22.4 Å². The number of carbonyl (C=O) groups excluding carboxylic acids is 3. The van der Waals surface area contributed by atoms with Gasteiger partial charge in [0.1, 0.15) is 22.5 Å². The minimum atomic E-state index is -1.21. The fraction of sp³-hybridized carbons (Fsp3) is 0.500. The fourth-order valence-corrected chi connectivity index (χ4v) is 2.64. The summed E-state index contributed by atoms with van der Waals surface area (Å²) in [6.45, 7) is 9.06. The summed E-state index contributed by atoms with van der Waals surface area (Å²) < 4.78 is 21.4. The number of fused-ring (bicyclic) bond motifs is 1. The van der Waals surface area contributed by atoms with E-state index in [9.17, 15) is 24.3 Å². The standard InChI is InChI=1S/C24H27Cl3O9/c1-22(2,9-25)19(30)33-12-7-13(28)15-14(8-12)34-18(36-21(32)24(5,6)11-27)17(16(15)29)35-20(31)23(3,4)10-26/h7-8,28H,9-11H2,1-6H3. The molecule has 1 aromatic carbocycles. The number of ether oxygens (including phenoxy) is 3. The summed E-state index contributed by atoms with van der Waals surface area (Å²) in [7, 11) is 0. The minimum Gasteiger partial charge on any atom is -0.507 e. The van der Waals surface area contributed by atoms with Crippen molar-refractivity contribution in [1.82, 2.24) is 0 Å². The van der Waals surface area contributed by atoms with Gasteiger partial charge in [-0.2, -0.15) is 0 Å². The van der Waals surface area contributed by atoms with E-state index in [-0.39, 0.29) is 29.0 Å². The van der Waals surface area contributed by atoms with Gasteiger partial charge in [-0.25, -0.2) is 0 Å². The zero-order valence-electron chi connectivity index (χ0n) is 20.6. The SMILES string of the molecule is CC(C)(CCl)C(=O)Oc1cc(O)c2c(=O)c(OC(=O)C(C)(C)CCl)c(OC(=O)C(C)(C)CCl)oc2c1. The van der Waals surface area contributed by atoms with Crippen molar-refractivity contribution in [3.8, 4) is 23.2 Å². The van der Waals surface area contributed by atoms with Gasteiger partial charge in [0.05, 0.1) is 16.2 Å². The van der Waals surface area contributed by atoms with Crippen molar-refractivity contribution in [1.29, 1.82) is 0 Å². The molecule has 2 rings (SSSR count). The van der Waals surface area contributed by atoms with Crippen molar-refractivity contribution in [2.75, 3.05) is 17.6 Å². The molecule has 12 heteroatoms. The van der Waals surface area contributed by atoms with Gasteiger partial charge in [-0.15, -0.1) is 34.8 Å². The lowest BCUT2D eigenvalue weighted by atomic mass is 9.97. The highest BCUT2D eigenvalue weighted by Crippen LogP contribution is 2.37. The van der Waals surface area contributed by atoms with Crippen molar-refractivity contribution >= 4 is 63.7 Å². The number of aromatic hydroxyl groups is 1. The summed E-state index contributed by atoms with van der Waals surface area (Å²) in [4.78, 5) is 51.0. The van der Waals surface area contributed by atoms with Crippen molar-refractivity contribution in [2.24, 2.45) is 16.2 Å². The topological polar surface area (TPSA) is 129 Å². The van der Waals surface area contributed by atoms with Gasteiger partial charge in [0.2, 0.25) is 5.43 Å². The Balaban J connectivity index is 2.72. The van der Waals surface area contributed by atoms with Crippen molar-refractivity contribution < 1.29 is 38.1 Å². The van der Waals surface area contributed by atoms with Crippen LogP contribution in [0, 0.1) is 16.2 Å². The molecule has 0 aliphatic carbocycles. The summed E-state index contributed by atoms with van der Waals surface area (Å²) in [5.41, 5.74) is -4.78. The smallest absolute Gasteiger partial charge is 0.342 e. The van der Waals surface area contributed by atoms with Crippen molar-refractivity contribution in [2.45, 2.75) is 41.5 Å². The molecular weight excluding hydrogens is 539 g/mol. The van der Waals surface area contributed by atoms with Gasteiger partial charge in [0.25, 0.3) is 5.75 Å². The summed E-state index contributed by atoms with van der Waals surface area (Å²) in [5, 5.41) is 10.1. The predicted molar refractivity (Wildman–Crippen MR) is 135 cm³/mol. The van der Waals surface area contributed by atoms with Crippen LogP contribution in [0.1, 0.15) is 41.5 Å². The van der Waals surface area contributed by atoms with E-state index < -0.39 is 62.4 Å². The van der Waals surface area contributed by atoms with Crippen LogP contribution in [0.25, 0.3) is 11.0 Å². The average molecular weight is 566 g/mol. The Labute approximate surface area is 222 Å². The van der Waals surface area contributed by atoms with Crippen LogP contribution in [0.4, 0.5) is 0 Å². The van der Waals surface area contributed by atoms with Crippen LogP contribution in [0.15, 0.2) is 21.3 Å². The lowest BCUT2D eigenvalue weighted by Crippen LogP contribution is -2.33. The molecule has 198 valence electrons. The van der Waals surface area contributed by atoms with Crippen LogP contribution in [0.5, 0.6) is 23.2 Å². The molecule has 0 aliphatic heterocycles. The molecule has 9 nitrogen and oxygen atoms in total. The molecule has 0 unspecified atom stereocenters. The molecule has 0 saturated heterocycles. The van der Waals surface area contributed by atoms with E-state index in [2.05, 4.69) is 0 Å². The maximum Gasteiger partial charge on any atom is 0.342 e. The van der Waals surface area contributed by atoms with Crippen LogP contribution >= 0.6 is 34.8 Å². The van der Waals surface area contributed by atoms with Gasteiger partial charge in [0.15, 0.2) is 0 Å². The summed E-state index contributed by atoms with van der Waals surface area (Å²) in [6, 6.07) is 2.15. The molecule has 2 aromatic rings. The van der Waals surface area contributed by atoms with Crippen LogP contribution in [-0.2, 0) is 14.4 Å². The number of hydrogen-bond acceptors (Lipinski definition) is 9. The van der Waals surface area contributed by atoms with Gasteiger partial charge in [-0.3, -0.25) is 19.2 Å². The number of phenolic OH excluding ortho intramolecular Hbond substituents is 1. The lowest BCUT2D eigenvalue weighted by Gasteiger charge is -2.21. The Morgan fingerprint density at radius 1 is 0.806 bits per heavy atom. The van der Waals surface area contributed by atoms with E-state index in [1.807, 2.05) is 0 Å². The highest BCUT2D eigenvalue weighted by Gasteiger charge is 2.36. The number of carbonyl (C=O) groups is 3. The summed E-state index contributed by atoms with van der Waals surface area (Å²) in [6.07, 6.45) is 0. The quantitative estimate of drug-likeness (QED) is 0.253. The molecule has 0 spiro atoms. The highest BCUT2D eigenvalue weighted by molar-refractivity contribution is 6.20. The number of alkyl halides is 3. The molecule has 1 N–H and O–H groups in total. The monoisotopic (exact) mass is 564 g/mol. The van der Waals surface area contributed by atoms with Gasteiger partial charge in [0, 0.05) is 29.8 Å². The molecular formula is C24H27Cl3O9. The van der Waals surface area contributed by atoms with Crippen LogP contribution in [0.3, 0.4) is 0 Å². The molecule has 0 radical (unpaired) electrons. The first-order valence-electron chi connectivity index (χ1n) is 10.7. The van der Waals surface area contributed by atoms with Crippen LogP contribution in [-0.4, -0.2) is 40.7 Å². The van der Waals surface area contributed by atoms with E-state index in [0.717, 1.165) is 12.1 Å². The van der Waals surface area contributed by atoms with Gasteiger partial charge in [-0.1, -0.05) is 0 Å². The molecule has 1 heterocycles. The third-order valence-corrected chi connectivity index (χ3v) is 7.13. The van der Waals surface area contributed by atoms with Gasteiger partial charge in [-0.05, 0) is 41.5 Å². The molecule has 1 aromatic heterocycles. The van der Waals surface area contributed by atoms with E-state index in [0.29, 0.717) is 0 Å². The molecule has 0 fully saturated rings. The Bertz CT molecular complexity index is 1250. The normalized spacial score (nSPS) is 12.4. The molecule has 0 saturated carbocycles. The van der Waals surface area contributed by atoms with E-state index in [1.165, 1.54) is 27.7 Å². The zero-order valence-corrected chi connectivity index (χ0v) is 22.9. The van der Waals surface area contributed by atoms with E-state index in [1.54, 1.807) is 13.8 Å². The molecule has 0 amide bonds. The maximum atomic E-state index is 13.3. The van der Waals surface area contributed by atoms with E-state index in [4.69, 9.17) is 53.4 Å². The Morgan fingerprint density at radius 2 is 1.25 bits per heavy atom. The van der Waals surface area contributed by atoms with Crippen LogP contribution in [0.2, 0.25) is 0 Å². The largest absolute Gasteiger partial charge is 0.507 e. The number of hydrogen-bond donors (Lipinski definition) is 1.